The van der Waals surface area contributed by atoms with Gasteiger partial charge in [0.1, 0.15) is 5.75 Å². The molecule has 2 unspecified atom stereocenters. The first-order chi connectivity index (χ1) is 16.8. The molecule has 1 saturated heterocycles. The zero-order chi connectivity index (χ0) is 25.2. The molecule has 1 amide bonds. The van der Waals surface area contributed by atoms with Crippen molar-refractivity contribution < 1.29 is 33.7 Å². The van der Waals surface area contributed by atoms with Gasteiger partial charge in [-0.05, 0) is 56.7 Å². The van der Waals surface area contributed by atoms with Crippen molar-refractivity contribution in [2.45, 2.75) is 26.0 Å². The van der Waals surface area contributed by atoms with Crippen LogP contribution in [0, 0.1) is 5.41 Å². The van der Waals surface area contributed by atoms with Gasteiger partial charge in [-0.2, -0.15) is 5.10 Å². The second-order valence-corrected chi connectivity index (χ2v) is 8.02. The number of rotatable bonds is 7. The molecule has 35 heavy (non-hydrogen) atoms. The number of piperidine rings is 1. The van der Waals surface area contributed by atoms with Crippen LogP contribution in [0.1, 0.15) is 20.3 Å². The van der Waals surface area contributed by atoms with Crippen LogP contribution in [0.2, 0.25) is 0 Å². The highest BCUT2D eigenvalue weighted by Gasteiger charge is 2.76. The molecular formula is C25H27N3O7. The molecule has 0 bridgehead atoms. The molecule has 2 aliphatic rings. The Labute approximate surface area is 202 Å². The number of aliphatic hydroxyl groups is 1. The van der Waals surface area contributed by atoms with Crippen molar-refractivity contribution in [3.63, 3.8) is 0 Å². The average Bonchev–Trinajstić information content (AvgIpc) is 3.16. The van der Waals surface area contributed by atoms with Crippen molar-refractivity contribution in [1.82, 2.24) is 0 Å². The zero-order valence-corrected chi connectivity index (χ0v) is 19.8. The Morgan fingerprint density at radius 2 is 1.66 bits per heavy atom. The van der Waals surface area contributed by atoms with E-state index in [0.717, 1.165) is 5.01 Å². The fourth-order valence-corrected chi connectivity index (χ4v) is 4.57. The van der Waals surface area contributed by atoms with E-state index in [-0.39, 0.29) is 37.6 Å². The van der Waals surface area contributed by atoms with E-state index in [1.807, 2.05) is 0 Å². The van der Waals surface area contributed by atoms with Gasteiger partial charge in [-0.3, -0.25) is 9.59 Å². The minimum absolute atomic E-state index is 0.0157. The highest BCUT2D eigenvalue weighted by Crippen LogP contribution is 2.52. The lowest BCUT2D eigenvalue weighted by Crippen LogP contribution is -2.73. The summed E-state index contributed by atoms with van der Waals surface area (Å²) in [6.45, 7) is 3.25. The molecule has 0 aliphatic carbocycles. The number of anilines is 2. The van der Waals surface area contributed by atoms with Gasteiger partial charge in [-0.25, -0.2) is 9.80 Å². The number of amides is 1. The van der Waals surface area contributed by atoms with Gasteiger partial charge in [0.25, 0.3) is 11.6 Å². The molecule has 1 N–H and O–H groups in total. The summed E-state index contributed by atoms with van der Waals surface area (Å²) < 4.78 is 15.7. The molecule has 2 aromatic rings. The van der Waals surface area contributed by atoms with Gasteiger partial charge in [0.05, 0.1) is 26.0 Å². The lowest BCUT2D eigenvalue weighted by Gasteiger charge is -2.48. The number of esters is 2. The molecule has 10 heteroatoms. The third-order valence-corrected chi connectivity index (χ3v) is 6.24. The van der Waals surface area contributed by atoms with E-state index >= 15 is 0 Å². The van der Waals surface area contributed by atoms with Crippen LogP contribution < -0.4 is 14.6 Å². The smallest absolute Gasteiger partial charge is 0.355 e. The molecule has 4 rings (SSSR count). The number of hydrazone groups is 1. The Hall–Kier alpha value is -3.92. The molecule has 10 nitrogen and oxygen atoms in total. The SMILES string of the molecule is CCOC(=O)C1=NN(c2ccc(OC)cc2)C2(O)C(=O)N(c3ccccc3)CCC12C(=O)OCC. The second-order valence-electron chi connectivity index (χ2n) is 8.02. The Morgan fingerprint density at radius 1 is 1.00 bits per heavy atom. The van der Waals surface area contributed by atoms with Crippen LogP contribution in [0.5, 0.6) is 5.75 Å². The molecule has 1 fully saturated rings. The van der Waals surface area contributed by atoms with Crippen LogP contribution in [0.4, 0.5) is 11.4 Å². The van der Waals surface area contributed by atoms with E-state index in [4.69, 9.17) is 14.2 Å². The van der Waals surface area contributed by atoms with Crippen LogP contribution in [0.3, 0.4) is 0 Å². The molecule has 2 heterocycles. The number of carbonyl (C=O) groups is 3. The van der Waals surface area contributed by atoms with Crippen LogP contribution in [-0.4, -0.2) is 61.3 Å². The van der Waals surface area contributed by atoms with Crippen molar-refractivity contribution >= 4 is 34.9 Å². The van der Waals surface area contributed by atoms with E-state index < -0.39 is 29.0 Å². The van der Waals surface area contributed by atoms with Crippen LogP contribution >= 0.6 is 0 Å². The normalized spacial score (nSPS) is 23.4. The Morgan fingerprint density at radius 3 is 2.26 bits per heavy atom. The highest BCUT2D eigenvalue weighted by molar-refractivity contribution is 6.45. The fourth-order valence-electron chi connectivity index (χ4n) is 4.57. The third kappa shape index (κ3) is 3.61. The first-order valence-corrected chi connectivity index (χ1v) is 11.3. The summed E-state index contributed by atoms with van der Waals surface area (Å²) in [5, 5.41) is 17.6. The van der Waals surface area contributed by atoms with E-state index in [2.05, 4.69) is 5.10 Å². The molecule has 2 aromatic carbocycles. The van der Waals surface area contributed by atoms with Gasteiger partial charge in [0.15, 0.2) is 11.1 Å². The predicted molar refractivity (Wildman–Crippen MR) is 127 cm³/mol. The summed E-state index contributed by atoms with van der Waals surface area (Å²) >= 11 is 0. The molecule has 0 spiro atoms. The number of hydrogen-bond acceptors (Lipinski definition) is 9. The van der Waals surface area contributed by atoms with Crippen molar-refractivity contribution in [1.29, 1.82) is 0 Å². The monoisotopic (exact) mass is 481 g/mol. The first-order valence-electron chi connectivity index (χ1n) is 11.3. The summed E-state index contributed by atoms with van der Waals surface area (Å²) in [6, 6.07) is 15.1. The van der Waals surface area contributed by atoms with E-state index in [1.165, 1.54) is 12.0 Å². The summed E-state index contributed by atoms with van der Waals surface area (Å²) in [5.74, 6) is -2.11. The van der Waals surface area contributed by atoms with Gasteiger partial charge >= 0.3 is 11.9 Å². The molecule has 0 aromatic heterocycles. The largest absolute Gasteiger partial charge is 0.497 e. The number of methoxy groups -OCH3 is 1. The topological polar surface area (TPSA) is 118 Å². The number of ether oxygens (including phenoxy) is 3. The number of nitrogens with zero attached hydrogens (tertiary/aromatic N) is 3. The van der Waals surface area contributed by atoms with Gasteiger partial charge < -0.3 is 24.2 Å². The van der Waals surface area contributed by atoms with Crippen LogP contribution in [0.15, 0.2) is 59.7 Å². The number of carbonyl (C=O) groups excluding carboxylic acids is 3. The Bertz CT molecular complexity index is 1150. The molecule has 0 radical (unpaired) electrons. The van der Waals surface area contributed by atoms with Gasteiger partial charge in [0, 0.05) is 12.2 Å². The quantitative estimate of drug-likeness (QED) is 0.598. The first kappa shape index (κ1) is 24.2. The van der Waals surface area contributed by atoms with Gasteiger partial charge in [0.2, 0.25) is 0 Å². The summed E-state index contributed by atoms with van der Waals surface area (Å²) in [6.07, 6.45) is -0.118. The van der Waals surface area contributed by atoms with Gasteiger partial charge in [-0.1, -0.05) is 18.2 Å². The van der Waals surface area contributed by atoms with Crippen molar-refractivity contribution in [2.24, 2.45) is 10.5 Å². The zero-order valence-electron chi connectivity index (χ0n) is 19.8. The molecule has 0 saturated carbocycles. The van der Waals surface area contributed by atoms with Gasteiger partial charge in [-0.15, -0.1) is 0 Å². The lowest BCUT2D eigenvalue weighted by molar-refractivity contribution is -0.175. The van der Waals surface area contributed by atoms with Crippen molar-refractivity contribution in [3.05, 3.63) is 54.6 Å². The number of para-hydroxylation sites is 1. The standard InChI is InChI=1S/C25H27N3O7/c1-4-34-21(29)20-24(23(31)35-5-2)15-16-27(17-9-7-6-8-10-17)22(30)25(24,32)28(26-20)18-11-13-19(33-3)14-12-18/h6-14,32H,4-5,15-16H2,1-3H3. The molecular weight excluding hydrogens is 454 g/mol. The maximum atomic E-state index is 14.1. The summed E-state index contributed by atoms with van der Waals surface area (Å²) in [4.78, 5) is 42.0. The van der Waals surface area contributed by atoms with Crippen LogP contribution in [0.25, 0.3) is 0 Å². The van der Waals surface area contributed by atoms with E-state index in [9.17, 15) is 19.5 Å². The minimum Gasteiger partial charge on any atom is -0.497 e. The Kier molecular flexibility index (Phi) is 6.49. The number of hydrogen-bond donors (Lipinski definition) is 1. The third-order valence-electron chi connectivity index (χ3n) is 6.24. The summed E-state index contributed by atoms with van der Waals surface area (Å²) in [7, 11) is 1.50. The lowest BCUT2D eigenvalue weighted by atomic mass is 9.68. The maximum Gasteiger partial charge on any atom is 0.355 e. The fraction of sp³-hybridized carbons (Fsp3) is 0.360. The maximum absolute atomic E-state index is 14.1. The minimum atomic E-state index is -2.59. The van der Waals surface area contributed by atoms with Crippen molar-refractivity contribution in [2.75, 3.05) is 36.8 Å². The number of benzene rings is 2. The summed E-state index contributed by atoms with van der Waals surface area (Å²) in [5.41, 5.74) is -4.27. The molecule has 2 aliphatic heterocycles. The average molecular weight is 482 g/mol. The van der Waals surface area contributed by atoms with Crippen molar-refractivity contribution in [3.8, 4) is 5.75 Å². The second kappa shape index (κ2) is 9.38. The van der Waals surface area contributed by atoms with E-state index in [0.29, 0.717) is 11.4 Å². The highest BCUT2D eigenvalue weighted by atomic mass is 16.5. The molecule has 184 valence electrons. The van der Waals surface area contributed by atoms with Crippen LogP contribution in [-0.2, 0) is 23.9 Å². The predicted octanol–water partition coefficient (Wildman–Crippen LogP) is 2.11. The number of fused-ring (bicyclic) bond motifs is 1. The molecule has 2 atom stereocenters. The Balaban J connectivity index is 1.93. The van der Waals surface area contributed by atoms with E-state index in [1.54, 1.807) is 68.4 Å².